The van der Waals surface area contributed by atoms with Crippen molar-refractivity contribution in [3.63, 3.8) is 0 Å². The minimum atomic E-state index is -1.09. The predicted molar refractivity (Wildman–Crippen MR) is 118 cm³/mol. The number of hydrogen-bond acceptors (Lipinski definition) is 6. The smallest absolute Gasteiger partial charge is 0.354 e. The van der Waals surface area contributed by atoms with Gasteiger partial charge < -0.3 is 13.9 Å². The van der Waals surface area contributed by atoms with Crippen molar-refractivity contribution < 1.29 is 13.9 Å². The molecule has 0 radical (unpaired) electrons. The molecule has 1 aliphatic rings. The normalized spacial score (nSPS) is 16.3. The number of thiophene rings is 1. The van der Waals surface area contributed by atoms with E-state index in [1.54, 1.807) is 4.68 Å². The summed E-state index contributed by atoms with van der Waals surface area (Å²) in [6, 6.07) is 3.20. The van der Waals surface area contributed by atoms with Crippen LogP contribution in [0.1, 0.15) is 25.2 Å². The SMILES string of the molecule is CC1(C)COCc2c1oc(=O)c1sc(-c3cnn(COCC[Si](C)(C)C)c3)cc21. The Bertz CT molecular complexity index is 1090. The van der Waals surface area contributed by atoms with Gasteiger partial charge >= 0.3 is 5.63 Å². The van der Waals surface area contributed by atoms with Gasteiger partial charge in [0.25, 0.3) is 0 Å². The fraction of sp³-hybridized carbons (Fsp3) is 0.524. The van der Waals surface area contributed by atoms with Crippen LogP contribution in [0.2, 0.25) is 25.7 Å². The summed E-state index contributed by atoms with van der Waals surface area (Å²) in [6.45, 7) is 13.3. The fourth-order valence-corrected chi connectivity index (χ4v) is 5.29. The third-order valence-electron chi connectivity index (χ3n) is 5.17. The van der Waals surface area contributed by atoms with Crippen LogP contribution in [0.4, 0.5) is 0 Å². The summed E-state index contributed by atoms with van der Waals surface area (Å²) >= 11 is 1.44. The summed E-state index contributed by atoms with van der Waals surface area (Å²) in [7, 11) is -1.09. The van der Waals surface area contributed by atoms with Crippen LogP contribution in [0.5, 0.6) is 0 Å². The zero-order valence-electron chi connectivity index (χ0n) is 17.7. The first-order chi connectivity index (χ1) is 13.6. The monoisotopic (exact) mass is 432 g/mol. The maximum absolute atomic E-state index is 12.6. The van der Waals surface area contributed by atoms with E-state index in [1.165, 1.54) is 11.3 Å². The van der Waals surface area contributed by atoms with Crippen molar-refractivity contribution in [1.29, 1.82) is 0 Å². The van der Waals surface area contributed by atoms with Crippen LogP contribution in [0.15, 0.2) is 27.7 Å². The molecule has 156 valence electrons. The Morgan fingerprint density at radius 2 is 2.14 bits per heavy atom. The fourth-order valence-electron chi connectivity index (χ4n) is 3.49. The highest BCUT2D eigenvalue weighted by molar-refractivity contribution is 7.22. The molecule has 1 aliphatic heterocycles. The van der Waals surface area contributed by atoms with E-state index in [1.807, 2.05) is 26.2 Å². The van der Waals surface area contributed by atoms with Gasteiger partial charge in [0.1, 0.15) is 17.2 Å². The second-order valence-electron chi connectivity index (χ2n) is 9.54. The Labute approximate surface area is 175 Å². The van der Waals surface area contributed by atoms with E-state index in [0.29, 0.717) is 24.6 Å². The molecule has 8 heteroatoms. The molecule has 0 amide bonds. The van der Waals surface area contributed by atoms with Crippen molar-refractivity contribution in [3.8, 4) is 10.4 Å². The number of nitrogens with zero attached hydrogens (tertiary/aromatic N) is 2. The molecule has 0 atom stereocenters. The highest BCUT2D eigenvalue weighted by atomic mass is 32.1. The van der Waals surface area contributed by atoms with Gasteiger partial charge in [0.05, 0.1) is 19.4 Å². The molecule has 0 fully saturated rings. The van der Waals surface area contributed by atoms with Gasteiger partial charge in [0.15, 0.2) is 0 Å². The standard InChI is InChI=1S/C21H28N2O4SSi/c1-21(2)12-26-11-16-15-8-17(28-18(15)20(24)27-19(16)21)14-9-22-23(10-14)13-25-6-7-29(3,4)5/h8-10H,6-7,11-13H2,1-5H3. The lowest BCUT2D eigenvalue weighted by molar-refractivity contribution is 0.0505. The molecule has 0 saturated heterocycles. The van der Waals surface area contributed by atoms with Gasteiger partial charge in [-0.05, 0) is 12.1 Å². The third kappa shape index (κ3) is 4.26. The number of ether oxygens (including phenoxy) is 2. The molecular weight excluding hydrogens is 404 g/mol. The molecule has 0 aromatic carbocycles. The molecule has 0 spiro atoms. The number of aromatic nitrogens is 2. The topological polar surface area (TPSA) is 66.5 Å². The minimum Gasteiger partial charge on any atom is -0.426 e. The third-order valence-corrected chi connectivity index (χ3v) is 8.04. The first kappa shape index (κ1) is 20.5. The van der Waals surface area contributed by atoms with E-state index < -0.39 is 8.07 Å². The lowest BCUT2D eigenvalue weighted by Crippen LogP contribution is -2.31. The Balaban J connectivity index is 1.59. The number of hydrogen-bond donors (Lipinski definition) is 0. The van der Waals surface area contributed by atoms with Gasteiger partial charge in [-0.25, -0.2) is 9.48 Å². The molecule has 3 aromatic heterocycles. The summed E-state index contributed by atoms with van der Waals surface area (Å²) in [6.07, 6.45) is 3.79. The molecule has 4 heterocycles. The van der Waals surface area contributed by atoms with Crippen molar-refractivity contribution in [2.75, 3.05) is 13.2 Å². The van der Waals surface area contributed by atoms with Crippen molar-refractivity contribution in [3.05, 3.63) is 40.2 Å². The van der Waals surface area contributed by atoms with Crippen LogP contribution in [0.25, 0.3) is 20.5 Å². The molecule has 4 rings (SSSR count). The molecule has 29 heavy (non-hydrogen) atoms. The van der Waals surface area contributed by atoms with E-state index >= 15 is 0 Å². The van der Waals surface area contributed by atoms with Crippen LogP contribution < -0.4 is 5.63 Å². The molecule has 3 aromatic rings. The van der Waals surface area contributed by atoms with E-state index in [2.05, 4.69) is 30.8 Å². The van der Waals surface area contributed by atoms with E-state index in [-0.39, 0.29) is 11.0 Å². The largest absolute Gasteiger partial charge is 0.426 e. The summed E-state index contributed by atoms with van der Waals surface area (Å²) in [5, 5.41) is 5.35. The van der Waals surface area contributed by atoms with Gasteiger partial charge in [-0.1, -0.05) is 33.5 Å². The van der Waals surface area contributed by atoms with Crippen LogP contribution >= 0.6 is 11.3 Å². The molecular formula is C21H28N2O4SSi. The molecule has 0 N–H and O–H groups in total. The summed E-state index contributed by atoms with van der Waals surface area (Å²) in [4.78, 5) is 13.6. The van der Waals surface area contributed by atoms with Crippen LogP contribution in [-0.4, -0.2) is 31.1 Å². The average molecular weight is 433 g/mol. The first-order valence-electron chi connectivity index (χ1n) is 9.92. The maximum atomic E-state index is 12.6. The van der Waals surface area contributed by atoms with Crippen LogP contribution in [-0.2, 0) is 28.2 Å². The van der Waals surface area contributed by atoms with Crippen molar-refractivity contribution in [2.45, 2.75) is 58.3 Å². The Kier molecular flexibility index (Phi) is 5.31. The Hall–Kier alpha value is -1.74. The van der Waals surface area contributed by atoms with E-state index in [0.717, 1.165) is 39.8 Å². The summed E-state index contributed by atoms with van der Waals surface area (Å²) in [5.41, 5.74) is 1.39. The van der Waals surface area contributed by atoms with E-state index in [9.17, 15) is 4.79 Å². The number of fused-ring (bicyclic) bond motifs is 3. The second-order valence-corrected chi connectivity index (χ2v) is 16.2. The molecule has 0 bridgehead atoms. The van der Waals surface area contributed by atoms with Gasteiger partial charge in [0, 0.05) is 47.7 Å². The quantitative estimate of drug-likeness (QED) is 0.412. The molecule has 6 nitrogen and oxygen atoms in total. The van der Waals surface area contributed by atoms with Gasteiger partial charge in [-0.15, -0.1) is 11.3 Å². The van der Waals surface area contributed by atoms with Gasteiger partial charge in [0.2, 0.25) is 0 Å². The molecule has 0 aliphatic carbocycles. The number of rotatable bonds is 6. The highest BCUT2D eigenvalue weighted by Gasteiger charge is 2.33. The van der Waals surface area contributed by atoms with E-state index in [4.69, 9.17) is 13.9 Å². The van der Waals surface area contributed by atoms with Crippen molar-refractivity contribution in [2.24, 2.45) is 0 Å². The minimum absolute atomic E-state index is 0.271. The van der Waals surface area contributed by atoms with Crippen LogP contribution in [0.3, 0.4) is 0 Å². The van der Waals surface area contributed by atoms with Crippen LogP contribution in [0, 0.1) is 0 Å². The van der Waals surface area contributed by atoms with Gasteiger partial charge in [-0.2, -0.15) is 5.10 Å². The lowest BCUT2D eigenvalue weighted by Gasteiger charge is -2.30. The lowest BCUT2D eigenvalue weighted by atomic mass is 9.85. The predicted octanol–water partition coefficient (Wildman–Crippen LogP) is 4.84. The highest BCUT2D eigenvalue weighted by Crippen LogP contribution is 2.39. The van der Waals surface area contributed by atoms with Gasteiger partial charge in [-0.3, -0.25) is 0 Å². The first-order valence-corrected chi connectivity index (χ1v) is 14.4. The molecule has 0 saturated carbocycles. The summed E-state index contributed by atoms with van der Waals surface area (Å²) < 4.78 is 19.7. The van der Waals surface area contributed by atoms with Crippen molar-refractivity contribution >= 4 is 29.5 Å². The molecule has 0 unspecified atom stereocenters. The van der Waals surface area contributed by atoms with Crippen molar-refractivity contribution in [1.82, 2.24) is 9.78 Å². The maximum Gasteiger partial charge on any atom is 0.354 e. The summed E-state index contributed by atoms with van der Waals surface area (Å²) in [5.74, 6) is 0.747. The Morgan fingerprint density at radius 1 is 1.34 bits per heavy atom. The average Bonchev–Trinajstić information content (AvgIpc) is 3.26. The zero-order valence-corrected chi connectivity index (χ0v) is 19.5. The Morgan fingerprint density at radius 3 is 2.90 bits per heavy atom. The second kappa shape index (κ2) is 7.50. The zero-order chi connectivity index (χ0) is 20.8.